The van der Waals surface area contributed by atoms with Crippen LogP contribution in [0.2, 0.25) is 0 Å². The van der Waals surface area contributed by atoms with E-state index in [-0.39, 0.29) is 18.1 Å². The standard InChI is InChI=1S/C16H22N2O2/c19-16(15-7-4-10-17-15)18-11-8-14(9-12-18)20-13-5-2-1-3-6-13/h1-3,5-6,14-15,17H,4,7-12H2/t15-/m0/s1. The Morgan fingerprint density at radius 1 is 1.15 bits per heavy atom. The fraction of sp³-hybridized carbons (Fsp3) is 0.562. The Kier molecular flexibility index (Phi) is 4.21. The first-order valence-electron chi connectivity index (χ1n) is 7.57. The number of hydrogen-bond donors (Lipinski definition) is 1. The summed E-state index contributed by atoms with van der Waals surface area (Å²) in [5.74, 6) is 1.20. The smallest absolute Gasteiger partial charge is 0.239 e. The second kappa shape index (κ2) is 6.27. The van der Waals surface area contributed by atoms with Crippen molar-refractivity contribution in [2.24, 2.45) is 0 Å². The van der Waals surface area contributed by atoms with E-state index >= 15 is 0 Å². The van der Waals surface area contributed by atoms with Crippen LogP contribution in [0.25, 0.3) is 0 Å². The van der Waals surface area contributed by atoms with Crippen LogP contribution in [0.5, 0.6) is 5.75 Å². The third-order valence-electron chi connectivity index (χ3n) is 4.16. The van der Waals surface area contributed by atoms with Crippen molar-refractivity contribution in [3.63, 3.8) is 0 Å². The lowest BCUT2D eigenvalue weighted by Crippen LogP contribution is -2.48. The highest BCUT2D eigenvalue weighted by atomic mass is 16.5. The molecule has 4 heteroatoms. The minimum atomic E-state index is 0.0570. The molecule has 4 nitrogen and oxygen atoms in total. The third kappa shape index (κ3) is 3.12. The van der Waals surface area contributed by atoms with E-state index in [1.807, 2.05) is 35.2 Å². The number of nitrogens with one attached hydrogen (secondary N) is 1. The summed E-state index contributed by atoms with van der Waals surface area (Å²) in [5.41, 5.74) is 0. The summed E-state index contributed by atoms with van der Waals surface area (Å²) in [4.78, 5) is 14.3. The third-order valence-corrected chi connectivity index (χ3v) is 4.16. The molecule has 0 unspecified atom stereocenters. The van der Waals surface area contributed by atoms with E-state index in [1.54, 1.807) is 0 Å². The molecule has 1 amide bonds. The molecule has 0 bridgehead atoms. The van der Waals surface area contributed by atoms with E-state index in [4.69, 9.17) is 4.74 Å². The SMILES string of the molecule is O=C([C@@H]1CCCN1)N1CCC(Oc2ccccc2)CC1. The Bertz CT molecular complexity index is 435. The number of benzene rings is 1. The summed E-state index contributed by atoms with van der Waals surface area (Å²) >= 11 is 0. The number of rotatable bonds is 3. The fourth-order valence-electron chi connectivity index (χ4n) is 3.00. The number of para-hydroxylation sites is 1. The van der Waals surface area contributed by atoms with Crippen molar-refractivity contribution in [3.8, 4) is 5.75 Å². The van der Waals surface area contributed by atoms with E-state index in [9.17, 15) is 4.79 Å². The quantitative estimate of drug-likeness (QED) is 0.914. The summed E-state index contributed by atoms with van der Waals surface area (Å²) in [6.07, 6.45) is 4.18. The Morgan fingerprint density at radius 2 is 1.90 bits per heavy atom. The molecule has 2 fully saturated rings. The van der Waals surface area contributed by atoms with Crippen molar-refractivity contribution >= 4 is 5.91 Å². The van der Waals surface area contributed by atoms with Gasteiger partial charge >= 0.3 is 0 Å². The molecule has 1 atom stereocenters. The Hall–Kier alpha value is -1.55. The summed E-state index contributed by atoms with van der Waals surface area (Å²) in [6, 6.07) is 9.99. The maximum Gasteiger partial charge on any atom is 0.239 e. The van der Waals surface area contributed by atoms with Gasteiger partial charge in [0.1, 0.15) is 11.9 Å². The lowest BCUT2D eigenvalue weighted by atomic mass is 10.1. The van der Waals surface area contributed by atoms with Crippen LogP contribution in [0.15, 0.2) is 30.3 Å². The first kappa shape index (κ1) is 13.4. The van der Waals surface area contributed by atoms with Crippen molar-refractivity contribution < 1.29 is 9.53 Å². The highest BCUT2D eigenvalue weighted by molar-refractivity contribution is 5.82. The second-order valence-corrected chi connectivity index (χ2v) is 5.60. The molecule has 0 aromatic heterocycles. The average Bonchev–Trinajstić information content (AvgIpc) is 3.03. The highest BCUT2D eigenvalue weighted by Gasteiger charge is 2.30. The van der Waals surface area contributed by atoms with Crippen LogP contribution in [0, 0.1) is 0 Å². The molecule has 0 aliphatic carbocycles. The molecule has 3 rings (SSSR count). The lowest BCUT2D eigenvalue weighted by Gasteiger charge is -2.33. The van der Waals surface area contributed by atoms with Crippen LogP contribution in [-0.4, -0.2) is 42.6 Å². The number of nitrogens with zero attached hydrogens (tertiary/aromatic N) is 1. The number of ether oxygens (including phenoxy) is 1. The molecule has 2 saturated heterocycles. The van der Waals surface area contributed by atoms with E-state index in [0.29, 0.717) is 0 Å². The number of carbonyl (C=O) groups is 1. The van der Waals surface area contributed by atoms with Gasteiger partial charge in [-0.25, -0.2) is 0 Å². The molecule has 1 aromatic carbocycles. The zero-order chi connectivity index (χ0) is 13.8. The van der Waals surface area contributed by atoms with Gasteiger partial charge in [-0.15, -0.1) is 0 Å². The summed E-state index contributed by atoms with van der Waals surface area (Å²) in [5, 5.41) is 3.28. The summed E-state index contributed by atoms with van der Waals surface area (Å²) in [7, 11) is 0. The first-order chi connectivity index (χ1) is 9.83. The lowest BCUT2D eigenvalue weighted by molar-refractivity contribution is -0.134. The topological polar surface area (TPSA) is 41.6 Å². The maximum atomic E-state index is 12.3. The highest BCUT2D eigenvalue weighted by Crippen LogP contribution is 2.20. The largest absolute Gasteiger partial charge is 0.490 e. The van der Waals surface area contributed by atoms with E-state index in [2.05, 4.69) is 5.32 Å². The van der Waals surface area contributed by atoms with Gasteiger partial charge in [0, 0.05) is 25.9 Å². The van der Waals surface area contributed by atoms with E-state index in [0.717, 1.165) is 51.1 Å². The molecule has 0 spiro atoms. The zero-order valence-corrected chi connectivity index (χ0v) is 11.8. The van der Waals surface area contributed by atoms with Crippen molar-refractivity contribution in [2.75, 3.05) is 19.6 Å². The van der Waals surface area contributed by atoms with Gasteiger partial charge in [0.2, 0.25) is 5.91 Å². The van der Waals surface area contributed by atoms with Crippen LogP contribution in [0.4, 0.5) is 0 Å². The van der Waals surface area contributed by atoms with Gasteiger partial charge in [-0.3, -0.25) is 4.79 Å². The molecule has 2 heterocycles. The van der Waals surface area contributed by atoms with Crippen LogP contribution in [-0.2, 0) is 4.79 Å². The monoisotopic (exact) mass is 274 g/mol. The molecular weight excluding hydrogens is 252 g/mol. The van der Waals surface area contributed by atoms with Crippen LogP contribution < -0.4 is 10.1 Å². The predicted octanol–water partition coefficient (Wildman–Crippen LogP) is 1.81. The summed E-state index contributed by atoms with van der Waals surface area (Å²) in [6.45, 7) is 2.60. The number of piperidine rings is 1. The van der Waals surface area contributed by atoms with Gasteiger partial charge in [0.25, 0.3) is 0 Å². The Morgan fingerprint density at radius 3 is 2.55 bits per heavy atom. The molecule has 2 aliphatic heterocycles. The fourth-order valence-corrected chi connectivity index (χ4v) is 3.00. The molecular formula is C16H22N2O2. The number of carbonyl (C=O) groups excluding carboxylic acids is 1. The van der Waals surface area contributed by atoms with Crippen molar-refractivity contribution in [2.45, 2.75) is 37.8 Å². The van der Waals surface area contributed by atoms with Gasteiger partial charge in [0.15, 0.2) is 0 Å². The number of hydrogen-bond acceptors (Lipinski definition) is 3. The van der Waals surface area contributed by atoms with Gasteiger partial charge < -0.3 is 15.0 Å². The maximum absolute atomic E-state index is 12.3. The van der Waals surface area contributed by atoms with Crippen LogP contribution in [0.1, 0.15) is 25.7 Å². The average molecular weight is 274 g/mol. The molecule has 0 saturated carbocycles. The Labute approximate surface area is 120 Å². The molecule has 1 N–H and O–H groups in total. The van der Waals surface area contributed by atoms with Crippen LogP contribution in [0.3, 0.4) is 0 Å². The molecule has 2 aliphatic rings. The number of likely N-dealkylation sites (tertiary alicyclic amines) is 1. The van der Waals surface area contributed by atoms with Gasteiger partial charge in [-0.2, -0.15) is 0 Å². The minimum Gasteiger partial charge on any atom is -0.490 e. The van der Waals surface area contributed by atoms with Gasteiger partial charge in [-0.1, -0.05) is 18.2 Å². The number of amides is 1. The zero-order valence-electron chi connectivity index (χ0n) is 11.8. The van der Waals surface area contributed by atoms with Crippen molar-refractivity contribution in [3.05, 3.63) is 30.3 Å². The second-order valence-electron chi connectivity index (χ2n) is 5.60. The molecule has 20 heavy (non-hydrogen) atoms. The first-order valence-corrected chi connectivity index (χ1v) is 7.57. The van der Waals surface area contributed by atoms with Gasteiger partial charge in [0.05, 0.1) is 6.04 Å². The predicted molar refractivity (Wildman–Crippen MR) is 77.7 cm³/mol. The minimum absolute atomic E-state index is 0.0570. The van der Waals surface area contributed by atoms with E-state index in [1.165, 1.54) is 0 Å². The van der Waals surface area contributed by atoms with Crippen LogP contribution >= 0.6 is 0 Å². The molecule has 1 aromatic rings. The molecule has 0 radical (unpaired) electrons. The summed E-state index contributed by atoms with van der Waals surface area (Å²) < 4.78 is 5.96. The van der Waals surface area contributed by atoms with Gasteiger partial charge in [-0.05, 0) is 31.5 Å². The Balaban J connectivity index is 1.48. The van der Waals surface area contributed by atoms with Crippen molar-refractivity contribution in [1.29, 1.82) is 0 Å². The van der Waals surface area contributed by atoms with Crippen molar-refractivity contribution in [1.82, 2.24) is 10.2 Å². The normalized spacial score (nSPS) is 23.8. The molecule has 108 valence electrons. The van der Waals surface area contributed by atoms with E-state index < -0.39 is 0 Å².